The van der Waals surface area contributed by atoms with Gasteiger partial charge in [0.05, 0.1) is 12.7 Å². The van der Waals surface area contributed by atoms with Crippen molar-refractivity contribution in [1.82, 2.24) is 9.88 Å². The van der Waals surface area contributed by atoms with Crippen LogP contribution in [0.4, 0.5) is 0 Å². The molecule has 1 aromatic heterocycles. The third-order valence-electron chi connectivity index (χ3n) is 4.51. The van der Waals surface area contributed by atoms with E-state index >= 15 is 0 Å². The van der Waals surface area contributed by atoms with Crippen LogP contribution in [0.2, 0.25) is 0 Å². The molecule has 3 nitrogen and oxygen atoms in total. The molecule has 0 radical (unpaired) electrons. The summed E-state index contributed by atoms with van der Waals surface area (Å²) in [4.78, 5) is 5.95. The fraction of sp³-hybridized carbons (Fsp3) is 0.556. The predicted octanol–water partition coefficient (Wildman–Crippen LogP) is 3.77. The van der Waals surface area contributed by atoms with E-state index in [-0.39, 0.29) is 0 Å². The zero-order valence-electron chi connectivity index (χ0n) is 13.1. The van der Waals surface area contributed by atoms with Gasteiger partial charge in [-0.05, 0) is 57.3 Å². The molecule has 0 spiro atoms. The van der Waals surface area contributed by atoms with Crippen LogP contribution in [0.5, 0.6) is 0 Å². The van der Waals surface area contributed by atoms with Gasteiger partial charge in [-0.15, -0.1) is 0 Å². The summed E-state index contributed by atoms with van der Waals surface area (Å²) in [5, 5.41) is 1.40. The van der Waals surface area contributed by atoms with Crippen molar-refractivity contribution >= 4 is 10.9 Å². The van der Waals surface area contributed by atoms with Gasteiger partial charge in [-0.3, -0.25) is 0 Å². The Hall–Kier alpha value is -1.32. The van der Waals surface area contributed by atoms with Crippen molar-refractivity contribution < 1.29 is 4.74 Å². The van der Waals surface area contributed by atoms with E-state index < -0.39 is 0 Å². The Labute approximate surface area is 127 Å². The molecule has 1 N–H and O–H groups in total. The van der Waals surface area contributed by atoms with Gasteiger partial charge in [0.15, 0.2) is 0 Å². The van der Waals surface area contributed by atoms with Crippen molar-refractivity contribution in [1.29, 1.82) is 0 Å². The minimum Gasteiger partial charge on any atom is -0.377 e. The maximum atomic E-state index is 5.65. The number of hydrogen-bond acceptors (Lipinski definition) is 2. The summed E-state index contributed by atoms with van der Waals surface area (Å²) in [7, 11) is 0. The lowest BCUT2D eigenvalue weighted by atomic mass is 9.89. The highest BCUT2D eigenvalue weighted by Crippen LogP contribution is 2.32. The van der Waals surface area contributed by atoms with E-state index in [0.29, 0.717) is 12.0 Å². The van der Waals surface area contributed by atoms with Crippen molar-refractivity contribution in [3.05, 3.63) is 36.0 Å². The van der Waals surface area contributed by atoms with E-state index in [1.54, 1.807) is 0 Å². The Kier molecular flexibility index (Phi) is 4.61. The molecule has 21 heavy (non-hydrogen) atoms. The summed E-state index contributed by atoms with van der Waals surface area (Å²) >= 11 is 0. The largest absolute Gasteiger partial charge is 0.377 e. The molecule has 114 valence electrons. The highest BCUT2D eigenvalue weighted by atomic mass is 16.5. The second kappa shape index (κ2) is 6.63. The van der Waals surface area contributed by atoms with Gasteiger partial charge in [0.1, 0.15) is 0 Å². The molecule has 0 atom stereocenters. The number of nitrogens with one attached hydrogen (secondary N) is 1. The first-order chi connectivity index (χ1) is 10.2. The minimum absolute atomic E-state index is 0.341. The van der Waals surface area contributed by atoms with Crippen molar-refractivity contribution in [3.8, 4) is 0 Å². The molecule has 0 saturated carbocycles. The normalized spacial score (nSPS) is 17.9. The van der Waals surface area contributed by atoms with Gasteiger partial charge in [0.2, 0.25) is 0 Å². The minimum atomic E-state index is 0.341. The Bertz CT molecular complexity index is 567. The van der Waals surface area contributed by atoms with Crippen LogP contribution in [-0.4, -0.2) is 42.2 Å². The standard InChI is InChI=1S/C18H26N2O/c1-14(2)21-12-11-20-9-7-15(8-10-20)17-13-19-18-6-4-3-5-16(17)18/h3-6,13-15,19H,7-12H2,1-2H3. The molecule has 1 saturated heterocycles. The summed E-state index contributed by atoms with van der Waals surface area (Å²) in [5.74, 6) is 0.698. The zero-order chi connectivity index (χ0) is 14.7. The van der Waals surface area contributed by atoms with Gasteiger partial charge in [0.25, 0.3) is 0 Å². The second-order valence-corrected chi connectivity index (χ2v) is 6.33. The smallest absolute Gasteiger partial charge is 0.0596 e. The molecule has 1 aliphatic rings. The lowest BCUT2D eigenvalue weighted by Crippen LogP contribution is -2.35. The van der Waals surface area contributed by atoms with Crippen molar-refractivity contribution in [2.45, 2.75) is 38.7 Å². The number of likely N-dealkylation sites (tertiary alicyclic amines) is 1. The summed E-state index contributed by atoms with van der Waals surface area (Å²) in [6.45, 7) is 8.50. The molecule has 2 aromatic rings. The lowest BCUT2D eigenvalue weighted by molar-refractivity contribution is 0.0537. The molecule has 0 aliphatic carbocycles. The number of H-pyrrole nitrogens is 1. The lowest BCUT2D eigenvalue weighted by Gasteiger charge is -2.32. The Morgan fingerprint density at radius 2 is 2.00 bits per heavy atom. The highest BCUT2D eigenvalue weighted by molar-refractivity contribution is 5.83. The Balaban J connectivity index is 1.56. The fourth-order valence-electron chi connectivity index (χ4n) is 3.32. The average Bonchev–Trinajstić information content (AvgIpc) is 2.92. The van der Waals surface area contributed by atoms with E-state index in [9.17, 15) is 0 Å². The van der Waals surface area contributed by atoms with Gasteiger partial charge in [-0.25, -0.2) is 0 Å². The van der Waals surface area contributed by atoms with E-state index in [1.807, 2.05) is 0 Å². The number of benzene rings is 1. The molecule has 0 bridgehead atoms. The number of para-hydroxylation sites is 1. The van der Waals surface area contributed by atoms with Crippen LogP contribution in [0.25, 0.3) is 10.9 Å². The molecule has 1 aliphatic heterocycles. The molecule has 0 amide bonds. The monoisotopic (exact) mass is 286 g/mol. The molecule has 3 heteroatoms. The van der Waals surface area contributed by atoms with Crippen LogP contribution in [0, 0.1) is 0 Å². The zero-order valence-corrected chi connectivity index (χ0v) is 13.1. The van der Waals surface area contributed by atoms with E-state index in [4.69, 9.17) is 4.74 Å². The topological polar surface area (TPSA) is 28.3 Å². The van der Waals surface area contributed by atoms with Crippen LogP contribution in [0.3, 0.4) is 0 Å². The van der Waals surface area contributed by atoms with E-state index in [1.165, 1.54) is 42.4 Å². The summed E-state index contributed by atoms with van der Waals surface area (Å²) < 4.78 is 5.65. The number of ether oxygens (including phenoxy) is 1. The van der Waals surface area contributed by atoms with Gasteiger partial charge in [0, 0.05) is 23.6 Å². The summed E-state index contributed by atoms with van der Waals surface area (Å²) in [6, 6.07) is 8.64. The quantitative estimate of drug-likeness (QED) is 0.906. The van der Waals surface area contributed by atoms with Gasteiger partial charge >= 0.3 is 0 Å². The number of aromatic amines is 1. The first-order valence-corrected chi connectivity index (χ1v) is 8.14. The van der Waals surface area contributed by atoms with Gasteiger partial charge in [-0.2, -0.15) is 0 Å². The van der Waals surface area contributed by atoms with Crippen LogP contribution in [0.1, 0.15) is 38.2 Å². The van der Waals surface area contributed by atoms with Crippen molar-refractivity contribution in [2.24, 2.45) is 0 Å². The van der Waals surface area contributed by atoms with Crippen LogP contribution in [-0.2, 0) is 4.74 Å². The molecular formula is C18H26N2O. The number of fused-ring (bicyclic) bond motifs is 1. The Morgan fingerprint density at radius 3 is 2.76 bits per heavy atom. The van der Waals surface area contributed by atoms with Gasteiger partial charge < -0.3 is 14.6 Å². The first-order valence-electron chi connectivity index (χ1n) is 8.14. The van der Waals surface area contributed by atoms with Crippen LogP contribution < -0.4 is 0 Å². The molecule has 1 aromatic carbocycles. The molecular weight excluding hydrogens is 260 g/mol. The van der Waals surface area contributed by atoms with E-state index in [0.717, 1.165) is 13.2 Å². The molecule has 3 rings (SSSR count). The summed E-state index contributed by atoms with van der Waals surface area (Å²) in [5.41, 5.74) is 2.77. The Morgan fingerprint density at radius 1 is 1.24 bits per heavy atom. The van der Waals surface area contributed by atoms with Gasteiger partial charge in [-0.1, -0.05) is 18.2 Å². The van der Waals surface area contributed by atoms with Crippen molar-refractivity contribution in [2.75, 3.05) is 26.2 Å². The second-order valence-electron chi connectivity index (χ2n) is 6.33. The molecule has 1 fully saturated rings. The number of hydrogen-bond donors (Lipinski definition) is 1. The summed E-state index contributed by atoms with van der Waals surface area (Å²) in [6.07, 6.45) is 5.06. The third-order valence-corrected chi connectivity index (χ3v) is 4.51. The number of aromatic nitrogens is 1. The highest BCUT2D eigenvalue weighted by Gasteiger charge is 2.22. The third kappa shape index (κ3) is 3.47. The molecule has 0 unspecified atom stereocenters. The van der Waals surface area contributed by atoms with Crippen LogP contribution >= 0.6 is 0 Å². The number of nitrogens with zero attached hydrogens (tertiary/aromatic N) is 1. The maximum absolute atomic E-state index is 5.65. The van der Waals surface area contributed by atoms with Crippen molar-refractivity contribution in [3.63, 3.8) is 0 Å². The van der Waals surface area contributed by atoms with E-state index in [2.05, 4.69) is 54.2 Å². The average molecular weight is 286 g/mol. The molecule has 2 heterocycles. The fourth-order valence-corrected chi connectivity index (χ4v) is 3.32. The number of piperidine rings is 1. The first kappa shape index (κ1) is 14.6. The van der Waals surface area contributed by atoms with Crippen LogP contribution in [0.15, 0.2) is 30.5 Å². The predicted molar refractivity (Wildman–Crippen MR) is 87.8 cm³/mol. The maximum Gasteiger partial charge on any atom is 0.0596 e. The number of rotatable bonds is 5. The SMILES string of the molecule is CC(C)OCCN1CCC(c2c[nH]c3ccccc23)CC1.